The maximum Gasteiger partial charge on any atom is 0.390 e. The third-order valence-corrected chi connectivity index (χ3v) is 4.27. The van der Waals surface area contributed by atoms with Gasteiger partial charge in [0.05, 0.1) is 15.8 Å². The fourth-order valence-corrected chi connectivity index (χ4v) is 3.08. The van der Waals surface area contributed by atoms with Crippen LogP contribution < -0.4 is 5.32 Å². The minimum absolute atomic E-state index is 0.00371. The average Bonchev–Trinajstić information content (AvgIpc) is 2.47. The van der Waals surface area contributed by atoms with Crippen LogP contribution in [0.2, 0.25) is 0 Å². The molecule has 0 aromatic heterocycles. The molecule has 0 radical (unpaired) electrons. The number of phenolic OH excluding ortho intramolecular Hbond substituents is 1. The number of piperazine rings is 1. The van der Waals surface area contributed by atoms with Gasteiger partial charge in [-0.05, 0) is 15.9 Å². The molecule has 0 bridgehead atoms. The Bertz CT molecular complexity index is 592. The first kappa shape index (κ1) is 18.0. The third kappa shape index (κ3) is 4.55. The van der Waals surface area contributed by atoms with Gasteiger partial charge < -0.3 is 10.4 Å². The van der Waals surface area contributed by atoms with Crippen molar-refractivity contribution in [1.82, 2.24) is 10.2 Å². The van der Waals surface area contributed by atoms with E-state index in [0.717, 1.165) is 12.1 Å². The number of halogens is 4. The normalized spacial score (nSPS) is 17.9. The quantitative estimate of drug-likeness (QED) is 0.603. The molecule has 2 N–H and O–H groups in total. The van der Waals surface area contributed by atoms with E-state index in [9.17, 15) is 28.4 Å². The predicted octanol–water partition coefficient (Wildman–Crippen LogP) is 2.96. The van der Waals surface area contributed by atoms with Gasteiger partial charge in [0, 0.05) is 49.9 Å². The van der Waals surface area contributed by atoms with E-state index in [1.807, 2.05) is 0 Å². The molecule has 0 amide bonds. The molecular formula is C13H15BrF3N3O3. The van der Waals surface area contributed by atoms with Crippen molar-refractivity contribution in [3.05, 3.63) is 32.3 Å². The summed E-state index contributed by atoms with van der Waals surface area (Å²) < 4.78 is 38.9. The second-order valence-electron chi connectivity index (χ2n) is 5.24. The summed E-state index contributed by atoms with van der Waals surface area (Å²) in [5, 5.41) is 24.1. The Morgan fingerprint density at radius 2 is 2.00 bits per heavy atom. The Morgan fingerprint density at radius 3 is 2.52 bits per heavy atom. The van der Waals surface area contributed by atoms with E-state index in [0.29, 0.717) is 26.2 Å². The number of hydrogen-bond acceptors (Lipinski definition) is 5. The lowest BCUT2D eigenvalue weighted by Gasteiger charge is -2.35. The van der Waals surface area contributed by atoms with Crippen molar-refractivity contribution in [2.24, 2.45) is 0 Å². The summed E-state index contributed by atoms with van der Waals surface area (Å²) in [5.41, 5.74) is -0.461. The summed E-state index contributed by atoms with van der Waals surface area (Å²) in [4.78, 5) is 11.8. The van der Waals surface area contributed by atoms with Gasteiger partial charge in [-0.1, -0.05) is 0 Å². The number of benzene rings is 1. The lowest BCUT2D eigenvalue weighted by Crippen LogP contribution is -2.46. The monoisotopic (exact) mass is 397 g/mol. The Hall–Kier alpha value is -1.39. The molecule has 23 heavy (non-hydrogen) atoms. The number of nitro benzene ring substituents is 1. The third-order valence-electron chi connectivity index (χ3n) is 3.66. The van der Waals surface area contributed by atoms with Crippen molar-refractivity contribution in [3.63, 3.8) is 0 Å². The zero-order chi connectivity index (χ0) is 17.2. The van der Waals surface area contributed by atoms with Crippen molar-refractivity contribution >= 4 is 21.6 Å². The molecule has 1 aromatic rings. The van der Waals surface area contributed by atoms with Gasteiger partial charge in [0.25, 0.3) is 5.69 Å². The van der Waals surface area contributed by atoms with Crippen LogP contribution in [0.1, 0.15) is 18.0 Å². The smallest absolute Gasteiger partial charge is 0.390 e. The van der Waals surface area contributed by atoms with Crippen molar-refractivity contribution in [2.45, 2.75) is 18.6 Å². The van der Waals surface area contributed by atoms with Crippen LogP contribution in [-0.4, -0.2) is 47.3 Å². The van der Waals surface area contributed by atoms with Gasteiger partial charge in [0.15, 0.2) is 0 Å². The molecular weight excluding hydrogens is 383 g/mol. The number of nitrogens with one attached hydrogen (secondary N) is 1. The van der Waals surface area contributed by atoms with Gasteiger partial charge >= 0.3 is 6.18 Å². The highest BCUT2D eigenvalue weighted by Crippen LogP contribution is 2.42. The number of hydrogen-bond donors (Lipinski definition) is 2. The van der Waals surface area contributed by atoms with E-state index in [1.54, 1.807) is 4.90 Å². The van der Waals surface area contributed by atoms with Crippen LogP contribution in [0.25, 0.3) is 0 Å². The van der Waals surface area contributed by atoms with Crippen molar-refractivity contribution in [1.29, 1.82) is 0 Å². The predicted molar refractivity (Wildman–Crippen MR) is 80.3 cm³/mol. The molecule has 1 aliphatic heterocycles. The second kappa shape index (κ2) is 7.02. The van der Waals surface area contributed by atoms with Crippen molar-refractivity contribution in [3.8, 4) is 5.75 Å². The van der Waals surface area contributed by atoms with Gasteiger partial charge in [-0.2, -0.15) is 13.2 Å². The van der Waals surface area contributed by atoms with Crippen LogP contribution in [0.3, 0.4) is 0 Å². The fourth-order valence-electron chi connectivity index (χ4n) is 2.61. The first-order valence-electron chi connectivity index (χ1n) is 6.87. The Morgan fingerprint density at radius 1 is 1.39 bits per heavy atom. The van der Waals surface area contributed by atoms with Gasteiger partial charge in [0.1, 0.15) is 5.75 Å². The Balaban J connectivity index is 2.47. The fraction of sp³-hybridized carbons (Fsp3) is 0.538. The maximum atomic E-state index is 13.0. The van der Waals surface area contributed by atoms with Gasteiger partial charge in [-0.15, -0.1) is 0 Å². The summed E-state index contributed by atoms with van der Waals surface area (Å²) in [6.07, 6.45) is -5.65. The molecule has 2 rings (SSSR count). The first-order chi connectivity index (χ1) is 10.7. The molecule has 0 aliphatic carbocycles. The van der Waals surface area contributed by atoms with Gasteiger partial charge in [-0.3, -0.25) is 15.0 Å². The highest BCUT2D eigenvalue weighted by Gasteiger charge is 2.38. The molecule has 1 atom stereocenters. The molecule has 0 unspecified atom stereocenters. The number of non-ortho nitro benzene ring substituents is 1. The highest BCUT2D eigenvalue weighted by molar-refractivity contribution is 9.10. The first-order valence-corrected chi connectivity index (χ1v) is 7.66. The minimum atomic E-state index is -4.46. The standard InChI is InChI=1S/C13H15BrF3N3O3/c14-10-6-8(20(22)23)5-9(12(10)21)11(7-13(15,16)17)19-3-1-18-2-4-19/h5-6,11,18,21H,1-4,7H2/t11-/m1/s1. The van der Waals surface area contributed by atoms with Crippen molar-refractivity contribution in [2.75, 3.05) is 26.2 Å². The zero-order valence-corrected chi connectivity index (χ0v) is 13.5. The van der Waals surface area contributed by atoms with E-state index in [4.69, 9.17) is 0 Å². The highest BCUT2D eigenvalue weighted by atomic mass is 79.9. The van der Waals surface area contributed by atoms with Crippen LogP contribution in [0, 0.1) is 10.1 Å². The molecule has 1 saturated heterocycles. The topological polar surface area (TPSA) is 78.6 Å². The molecule has 1 fully saturated rings. The SMILES string of the molecule is O=[N+]([O-])c1cc(Br)c(O)c([C@@H](CC(F)(F)F)N2CCNCC2)c1. The number of phenols is 1. The van der Waals surface area contributed by atoms with Crippen LogP contribution >= 0.6 is 15.9 Å². The number of nitro groups is 1. The van der Waals surface area contributed by atoms with Gasteiger partial charge in [-0.25, -0.2) is 0 Å². The molecule has 6 nitrogen and oxygen atoms in total. The van der Waals surface area contributed by atoms with Crippen LogP contribution in [-0.2, 0) is 0 Å². The number of nitrogens with zero attached hydrogens (tertiary/aromatic N) is 2. The van der Waals surface area contributed by atoms with E-state index in [2.05, 4.69) is 21.2 Å². The van der Waals surface area contributed by atoms with Crippen LogP contribution in [0.15, 0.2) is 16.6 Å². The van der Waals surface area contributed by atoms with E-state index in [1.165, 1.54) is 0 Å². The number of aromatic hydroxyl groups is 1. The average molecular weight is 398 g/mol. The molecule has 0 spiro atoms. The van der Waals surface area contributed by atoms with E-state index < -0.39 is 29.3 Å². The Labute approximate surface area is 138 Å². The summed E-state index contributed by atoms with van der Waals surface area (Å²) in [5.74, 6) is -0.400. The lowest BCUT2D eigenvalue weighted by molar-refractivity contribution is -0.385. The summed E-state index contributed by atoms with van der Waals surface area (Å²) in [6.45, 7) is 1.76. The minimum Gasteiger partial charge on any atom is -0.506 e. The van der Waals surface area contributed by atoms with Crippen LogP contribution in [0.5, 0.6) is 5.75 Å². The number of rotatable bonds is 4. The van der Waals surface area contributed by atoms with E-state index in [-0.39, 0.29) is 15.7 Å². The molecule has 0 saturated carbocycles. The maximum absolute atomic E-state index is 13.0. The van der Waals surface area contributed by atoms with Crippen LogP contribution in [0.4, 0.5) is 18.9 Å². The summed E-state index contributed by atoms with van der Waals surface area (Å²) >= 11 is 2.97. The Kier molecular flexibility index (Phi) is 5.48. The van der Waals surface area contributed by atoms with Crippen molar-refractivity contribution < 1.29 is 23.2 Å². The van der Waals surface area contributed by atoms with Gasteiger partial charge in [0.2, 0.25) is 0 Å². The molecule has 1 aromatic carbocycles. The second-order valence-corrected chi connectivity index (χ2v) is 6.10. The molecule has 1 aliphatic rings. The molecule has 1 heterocycles. The van der Waals surface area contributed by atoms with E-state index >= 15 is 0 Å². The molecule has 128 valence electrons. The summed E-state index contributed by atoms with van der Waals surface area (Å²) in [6, 6.07) is 0.910. The lowest BCUT2D eigenvalue weighted by atomic mass is 9.99. The largest absolute Gasteiger partial charge is 0.506 e. The molecule has 10 heteroatoms. The zero-order valence-electron chi connectivity index (χ0n) is 11.9. The summed E-state index contributed by atoms with van der Waals surface area (Å²) in [7, 11) is 0. The number of alkyl halides is 3.